The lowest BCUT2D eigenvalue weighted by Crippen LogP contribution is -2.45. The SMILES string of the molecule is Cc1cc(C)nc(OC2CCCN(C(=O)c3ccc(=O)[nH]n3)C2)n1. The summed E-state index contributed by atoms with van der Waals surface area (Å²) in [6, 6.07) is 4.94. The zero-order valence-electron chi connectivity index (χ0n) is 13.7. The summed E-state index contributed by atoms with van der Waals surface area (Å²) in [7, 11) is 0. The molecular weight excluding hydrogens is 310 g/mol. The molecule has 0 radical (unpaired) electrons. The maximum Gasteiger partial charge on any atom is 0.317 e. The number of aryl methyl sites for hydroxylation is 2. The van der Waals surface area contributed by atoms with E-state index >= 15 is 0 Å². The third kappa shape index (κ3) is 3.76. The Labute approximate surface area is 138 Å². The quantitative estimate of drug-likeness (QED) is 0.896. The second-order valence-electron chi connectivity index (χ2n) is 5.87. The molecule has 0 saturated carbocycles. The highest BCUT2D eigenvalue weighted by molar-refractivity contribution is 5.92. The van der Waals surface area contributed by atoms with Gasteiger partial charge in [-0.25, -0.2) is 15.1 Å². The van der Waals surface area contributed by atoms with Crippen molar-refractivity contribution in [2.24, 2.45) is 0 Å². The lowest BCUT2D eigenvalue weighted by molar-refractivity contribution is 0.0508. The fraction of sp³-hybridized carbons (Fsp3) is 0.438. The van der Waals surface area contributed by atoms with Gasteiger partial charge in [0.1, 0.15) is 11.8 Å². The lowest BCUT2D eigenvalue weighted by atomic mass is 10.1. The minimum Gasteiger partial charge on any atom is -0.458 e. The van der Waals surface area contributed by atoms with Gasteiger partial charge in [0.05, 0.1) is 6.54 Å². The zero-order valence-corrected chi connectivity index (χ0v) is 13.7. The van der Waals surface area contributed by atoms with Crippen LogP contribution in [0.2, 0.25) is 0 Å². The molecule has 0 spiro atoms. The maximum atomic E-state index is 12.5. The molecule has 1 amide bonds. The van der Waals surface area contributed by atoms with Crippen molar-refractivity contribution in [3.05, 3.63) is 45.6 Å². The number of aromatic amines is 1. The van der Waals surface area contributed by atoms with Crippen LogP contribution >= 0.6 is 0 Å². The number of amides is 1. The van der Waals surface area contributed by atoms with Gasteiger partial charge in [0, 0.05) is 24.0 Å². The number of ether oxygens (including phenoxy) is 1. The molecule has 3 heterocycles. The number of hydrogen-bond acceptors (Lipinski definition) is 6. The first-order valence-electron chi connectivity index (χ1n) is 7.85. The fourth-order valence-electron chi connectivity index (χ4n) is 2.74. The fourth-order valence-corrected chi connectivity index (χ4v) is 2.74. The number of piperidine rings is 1. The number of carbonyl (C=O) groups excluding carboxylic acids is 1. The highest BCUT2D eigenvalue weighted by Gasteiger charge is 2.27. The Morgan fingerprint density at radius 2 is 2.04 bits per heavy atom. The first-order chi connectivity index (χ1) is 11.5. The van der Waals surface area contributed by atoms with Crippen LogP contribution in [-0.2, 0) is 0 Å². The second-order valence-corrected chi connectivity index (χ2v) is 5.87. The smallest absolute Gasteiger partial charge is 0.317 e. The van der Waals surface area contributed by atoms with Crippen molar-refractivity contribution < 1.29 is 9.53 Å². The Balaban J connectivity index is 1.68. The molecule has 0 bridgehead atoms. The molecule has 24 heavy (non-hydrogen) atoms. The van der Waals surface area contributed by atoms with E-state index in [1.54, 1.807) is 4.90 Å². The summed E-state index contributed by atoms with van der Waals surface area (Å²) in [4.78, 5) is 33.8. The number of carbonyl (C=O) groups is 1. The number of hydrogen-bond donors (Lipinski definition) is 1. The zero-order chi connectivity index (χ0) is 17.1. The van der Waals surface area contributed by atoms with Crippen LogP contribution in [0.5, 0.6) is 6.01 Å². The molecule has 8 heteroatoms. The second kappa shape index (κ2) is 6.77. The molecule has 2 aromatic heterocycles. The topological polar surface area (TPSA) is 101 Å². The summed E-state index contributed by atoms with van der Waals surface area (Å²) in [6.07, 6.45) is 1.50. The van der Waals surface area contributed by atoms with Crippen molar-refractivity contribution in [1.29, 1.82) is 0 Å². The van der Waals surface area contributed by atoms with Crippen LogP contribution < -0.4 is 10.3 Å². The third-order valence-electron chi connectivity index (χ3n) is 3.80. The monoisotopic (exact) mass is 329 g/mol. The maximum absolute atomic E-state index is 12.5. The molecule has 1 aliphatic heterocycles. The first-order valence-corrected chi connectivity index (χ1v) is 7.85. The van der Waals surface area contributed by atoms with E-state index in [-0.39, 0.29) is 23.3 Å². The summed E-state index contributed by atoms with van der Waals surface area (Å²) < 4.78 is 5.86. The third-order valence-corrected chi connectivity index (χ3v) is 3.80. The van der Waals surface area contributed by atoms with Gasteiger partial charge in [-0.15, -0.1) is 0 Å². The predicted molar refractivity (Wildman–Crippen MR) is 85.9 cm³/mol. The first kappa shape index (κ1) is 16.1. The molecule has 1 aliphatic rings. The molecule has 0 aromatic carbocycles. The van der Waals surface area contributed by atoms with Crippen LogP contribution in [0.3, 0.4) is 0 Å². The summed E-state index contributed by atoms with van der Waals surface area (Å²) in [5.74, 6) is -0.221. The van der Waals surface area contributed by atoms with E-state index in [2.05, 4.69) is 20.2 Å². The Bertz CT molecular complexity index is 764. The van der Waals surface area contributed by atoms with Crippen LogP contribution in [0, 0.1) is 13.8 Å². The van der Waals surface area contributed by atoms with Gasteiger partial charge in [-0.05, 0) is 38.8 Å². The van der Waals surface area contributed by atoms with Crippen LogP contribution in [0.25, 0.3) is 0 Å². The number of nitrogens with one attached hydrogen (secondary N) is 1. The number of rotatable bonds is 3. The minimum absolute atomic E-state index is 0.160. The van der Waals surface area contributed by atoms with Crippen LogP contribution in [-0.4, -0.2) is 50.2 Å². The Kier molecular flexibility index (Phi) is 4.54. The molecule has 1 fully saturated rings. The van der Waals surface area contributed by atoms with Gasteiger partial charge >= 0.3 is 6.01 Å². The summed E-state index contributed by atoms with van der Waals surface area (Å²) in [5, 5.41) is 6.07. The van der Waals surface area contributed by atoms with Crippen molar-refractivity contribution in [1.82, 2.24) is 25.1 Å². The van der Waals surface area contributed by atoms with Gasteiger partial charge in [-0.2, -0.15) is 5.10 Å². The Morgan fingerprint density at radius 3 is 2.71 bits per heavy atom. The van der Waals surface area contributed by atoms with E-state index in [1.807, 2.05) is 19.9 Å². The predicted octanol–water partition coefficient (Wildman–Crippen LogP) is 0.860. The van der Waals surface area contributed by atoms with Gasteiger partial charge in [-0.3, -0.25) is 9.59 Å². The van der Waals surface area contributed by atoms with Crippen LogP contribution in [0.4, 0.5) is 0 Å². The molecule has 8 nitrogen and oxygen atoms in total. The van der Waals surface area contributed by atoms with Crippen LogP contribution in [0.1, 0.15) is 34.7 Å². The van der Waals surface area contributed by atoms with Gasteiger partial charge in [0.2, 0.25) is 0 Å². The van der Waals surface area contributed by atoms with E-state index in [1.165, 1.54) is 12.1 Å². The molecule has 1 unspecified atom stereocenters. The molecule has 3 rings (SSSR count). The normalized spacial score (nSPS) is 17.6. The molecule has 2 aromatic rings. The summed E-state index contributed by atoms with van der Waals surface area (Å²) in [5.41, 5.74) is 1.58. The standard InChI is InChI=1S/C16H19N5O3/c1-10-8-11(2)18-16(17-10)24-12-4-3-7-21(9-12)15(23)13-5-6-14(22)20-19-13/h5-6,8,12H,3-4,7,9H2,1-2H3,(H,20,22). The van der Waals surface area contributed by atoms with Gasteiger partial charge < -0.3 is 9.64 Å². The van der Waals surface area contributed by atoms with E-state index in [9.17, 15) is 9.59 Å². The molecular formula is C16H19N5O3. The molecule has 126 valence electrons. The number of aromatic nitrogens is 4. The summed E-state index contributed by atoms with van der Waals surface area (Å²) >= 11 is 0. The minimum atomic E-state index is -0.335. The van der Waals surface area contributed by atoms with Crippen molar-refractivity contribution in [2.75, 3.05) is 13.1 Å². The number of H-pyrrole nitrogens is 1. The van der Waals surface area contributed by atoms with Crippen molar-refractivity contribution in [2.45, 2.75) is 32.8 Å². The van der Waals surface area contributed by atoms with Gasteiger partial charge in [0.15, 0.2) is 0 Å². The molecule has 0 aliphatic carbocycles. The highest BCUT2D eigenvalue weighted by Crippen LogP contribution is 2.17. The van der Waals surface area contributed by atoms with Crippen molar-refractivity contribution >= 4 is 5.91 Å². The number of likely N-dealkylation sites (tertiary alicyclic amines) is 1. The average molecular weight is 329 g/mol. The number of nitrogens with zero attached hydrogens (tertiary/aromatic N) is 4. The van der Waals surface area contributed by atoms with E-state index in [4.69, 9.17) is 4.74 Å². The molecule has 1 N–H and O–H groups in total. The van der Waals surface area contributed by atoms with E-state index in [0.29, 0.717) is 19.1 Å². The van der Waals surface area contributed by atoms with Gasteiger partial charge in [0.25, 0.3) is 11.5 Å². The van der Waals surface area contributed by atoms with E-state index in [0.717, 1.165) is 24.2 Å². The highest BCUT2D eigenvalue weighted by atomic mass is 16.5. The van der Waals surface area contributed by atoms with E-state index < -0.39 is 0 Å². The largest absolute Gasteiger partial charge is 0.458 e. The Hall–Kier alpha value is -2.77. The van der Waals surface area contributed by atoms with Crippen LogP contribution in [0.15, 0.2) is 23.0 Å². The summed E-state index contributed by atoms with van der Waals surface area (Å²) in [6.45, 7) is 4.85. The van der Waals surface area contributed by atoms with Crippen molar-refractivity contribution in [3.63, 3.8) is 0 Å². The average Bonchev–Trinajstić information content (AvgIpc) is 2.54. The molecule has 1 saturated heterocycles. The van der Waals surface area contributed by atoms with Crippen molar-refractivity contribution in [3.8, 4) is 6.01 Å². The lowest BCUT2D eigenvalue weighted by Gasteiger charge is -2.32. The Morgan fingerprint density at radius 1 is 1.29 bits per heavy atom. The van der Waals surface area contributed by atoms with Gasteiger partial charge in [-0.1, -0.05) is 0 Å². The molecule has 1 atom stereocenters.